The molecule has 0 spiro atoms. The molecule has 2 aromatic rings. The third-order valence-electron chi connectivity index (χ3n) is 16.0. The molecule has 0 aromatic heterocycles. The molecule has 3 aliphatic heterocycles. The van der Waals surface area contributed by atoms with Crippen LogP contribution in [0.15, 0.2) is 60.7 Å². The Hall–Kier alpha value is -6.82. The van der Waals surface area contributed by atoms with Gasteiger partial charge in [-0.05, 0) is 145 Å². The van der Waals surface area contributed by atoms with E-state index in [0.717, 1.165) is 0 Å². The van der Waals surface area contributed by atoms with Crippen LogP contribution in [0.25, 0.3) is 0 Å². The summed E-state index contributed by atoms with van der Waals surface area (Å²) in [5.41, 5.74) is 25.1. The molecule has 0 saturated carbocycles. The van der Waals surface area contributed by atoms with Gasteiger partial charge >= 0.3 is 0 Å². The molecule has 470 valence electrons. The SMILES string of the molecule is CC(C)C[C@@H]1NC(=O)[C@H](CCCN)NC(=O)[C@@H](CCCCN)C(=O)[C@@H]2CCCN2C(=O)[C@@H](Cc2ccccc2)NC(=O)[C@H](CC(C)C)NC(=O)[C@H](CCCN)NC(=O)[C@H](CCCCN)NC(=O)[C@@H]2CCCN2C(=O)[C@@H](Cc2ccccc2)NC1=O. The standard InChI is InChI=1S/C62H97N13O10/c1-39(2)35-47-59(82)73-50(38-42-21-9-6-10-22-42)62(85)75-34-18-28-52(75)60(83)69-44(24-12-14-30-64)55(78)68-46(26-16-32-66)57(80)71-48(36-40(3)4)58(81)72-49(37-41-19-7-5-8-20-41)61(84)74-33-17-27-51(74)53(76)43(23-11-13-29-63)54(77)67-45(25-15-31-65)56(79)70-47/h5-10,19-22,39-40,43-52H,11-18,23-38,63-66H2,1-4H3,(H,67,77)(H,68,78)(H,69,83)(H,70,79)(H,71,80)(H,72,81)(H,73,82)/t43-,44-,45-,46-,47-,48-,49+,50+,51-,52-/m0/s1. The van der Waals surface area contributed by atoms with E-state index in [2.05, 4.69) is 37.2 Å². The van der Waals surface area contributed by atoms with Crippen LogP contribution < -0.4 is 60.2 Å². The Kier molecular flexibility index (Phi) is 28.9. The van der Waals surface area contributed by atoms with Gasteiger partial charge in [-0.2, -0.15) is 0 Å². The molecule has 23 heteroatoms. The molecule has 0 unspecified atom stereocenters. The largest absolute Gasteiger partial charge is 0.344 e. The van der Waals surface area contributed by atoms with Gasteiger partial charge in [0.2, 0.25) is 53.2 Å². The lowest BCUT2D eigenvalue weighted by Crippen LogP contribution is -2.60. The minimum Gasteiger partial charge on any atom is -0.344 e. The Labute approximate surface area is 501 Å². The van der Waals surface area contributed by atoms with Crippen molar-refractivity contribution in [1.82, 2.24) is 47.0 Å². The molecule has 9 amide bonds. The molecule has 23 nitrogen and oxygen atoms in total. The van der Waals surface area contributed by atoms with Gasteiger partial charge in [0.1, 0.15) is 48.3 Å². The van der Waals surface area contributed by atoms with Gasteiger partial charge in [-0.3, -0.25) is 47.9 Å². The lowest BCUT2D eigenvalue weighted by molar-refractivity contribution is -0.145. The van der Waals surface area contributed by atoms with Crippen molar-refractivity contribution in [2.45, 2.75) is 198 Å². The Morgan fingerprint density at radius 3 is 1.16 bits per heavy atom. The second kappa shape index (κ2) is 35.6. The highest BCUT2D eigenvalue weighted by molar-refractivity contribution is 6.07. The third kappa shape index (κ3) is 21.3. The molecule has 85 heavy (non-hydrogen) atoms. The van der Waals surface area contributed by atoms with Crippen molar-refractivity contribution in [3.63, 3.8) is 0 Å². The van der Waals surface area contributed by atoms with Gasteiger partial charge in [0, 0.05) is 25.9 Å². The van der Waals surface area contributed by atoms with E-state index in [4.69, 9.17) is 22.9 Å². The topological polar surface area (TPSA) is 365 Å². The number of ketones is 1. The first kappa shape index (κ1) is 69.0. The first-order valence-corrected chi connectivity index (χ1v) is 31.0. The van der Waals surface area contributed by atoms with Crippen LogP contribution in [-0.2, 0) is 60.8 Å². The second-order valence-electron chi connectivity index (χ2n) is 23.8. The summed E-state index contributed by atoms with van der Waals surface area (Å²) in [5, 5.41) is 20.1. The average molecular weight is 1180 g/mol. The lowest BCUT2D eigenvalue weighted by Gasteiger charge is -2.32. The van der Waals surface area contributed by atoms with Gasteiger partial charge in [0.05, 0.1) is 12.0 Å². The van der Waals surface area contributed by atoms with Crippen LogP contribution in [0.2, 0.25) is 0 Å². The number of carbonyl (C=O) groups is 10. The fraction of sp³-hybridized carbons (Fsp3) is 0.645. The van der Waals surface area contributed by atoms with E-state index in [9.17, 15) is 38.4 Å². The molecule has 0 radical (unpaired) electrons. The van der Waals surface area contributed by atoms with E-state index in [1.54, 1.807) is 48.5 Å². The number of nitrogens with one attached hydrogen (secondary N) is 7. The summed E-state index contributed by atoms with van der Waals surface area (Å²) < 4.78 is 0. The van der Waals surface area contributed by atoms with Crippen molar-refractivity contribution in [2.75, 3.05) is 39.3 Å². The first-order chi connectivity index (χ1) is 40.8. The fourth-order valence-corrected chi connectivity index (χ4v) is 11.5. The zero-order valence-corrected chi connectivity index (χ0v) is 50.5. The predicted molar refractivity (Wildman–Crippen MR) is 323 cm³/mol. The fourth-order valence-electron chi connectivity index (χ4n) is 11.5. The summed E-state index contributed by atoms with van der Waals surface area (Å²) in [4.78, 5) is 151. The molecule has 2 aromatic carbocycles. The maximum absolute atomic E-state index is 15.1. The minimum absolute atomic E-state index is 0.00620. The molecule has 3 fully saturated rings. The van der Waals surface area contributed by atoms with Crippen molar-refractivity contribution in [1.29, 1.82) is 0 Å². The minimum atomic E-state index is -1.34. The van der Waals surface area contributed by atoms with E-state index in [1.807, 2.05) is 39.8 Å². The summed E-state index contributed by atoms with van der Waals surface area (Å²) in [6.45, 7) is 8.64. The van der Waals surface area contributed by atoms with Crippen LogP contribution in [0, 0.1) is 17.8 Å². The van der Waals surface area contributed by atoms with E-state index in [0.29, 0.717) is 62.6 Å². The number of carbonyl (C=O) groups excluding carboxylic acids is 10. The Morgan fingerprint density at radius 2 is 0.741 bits per heavy atom. The van der Waals surface area contributed by atoms with Gasteiger partial charge in [-0.1, -0.05) is 94.8 Å². The number of rotatable bonds is 22. The quantitative estimate of drug-likeness (QED) is 0.0576. The normalized spacial score (nSPS) is 25.9. The number of hydrogen-bond donors (Lipinski definition) is 11. The Bertz CT molecular complexity index is 2520. The summed E-state index contributed by atoms with van der Waals surface area (Å²) in [6.07, 6.45) is 4.16. The molecule has 10 atom stereocenters. The maximum atomic E-state index is 15.1. The number of nitrogens with zero attached hydrogens (tertiary/aromatic N) is 2. The number of unbranched alkanes of at least 4 members (excludes halogenated alkanes) is 2. The van der Waals surface area contributed by atoms with Crippen LogP contribution >= 0.6 is 0 Å². The monoisotopic (exact) mass is 1180 g/mol. The van der Waals surface area contributed by atoms with Gasteiger partial charge in [0.25, 0.3) is 0 Å². The highest BCUT2D eigenvalue weighted by Crippen LogP contribution is 2.27. The zero-order chi connectivity index (χ0) is 62.0. The number of benzene rings is 2. The molecule has 3 heterocycles. The Balaban J connectivity index is 1.63. The smallest absolute Gasteiger partial charge is 0.246 e. The van der Waals surface area contributed by atoms with Crippen molar-refractivity contribution < 1.29 is 47.9 Å². The molecular formula is C62H97N13O10. The van der Waals surface area contributed by atoms with E-state index in [-0.39, 0.29) is 115 Å². The van der Waals surface area contributed by atoms with E-state index in [1.165, 1.54) is 9.80 Å². The second-order valence-corrected chi connectivity index (χ2v) is 23.8. The van der Waals surface area contributed by atoms with Crippen LogP contribution in [-0.4, -0.2) is 162 Å². The van der Waals surface area contributed by atoms with E-state index >= 15 is 9.59 Å². The lowest BCUT2D eigenvalue weighted by atomic mass is 9.90. The molecule has 0 bridgehead atoms. The molecular weight excluding hydrogens is 1090 g/mol. The first-order valence-electron chi connectivity index (χ1n) is 31.0. The van der Waals surface area contributed by atoms with Gasteiger partial charge < -0.3 is 70.0 Å². The average Bonchev–Trinajstić information content (AvgIpc) is 3.62. The van der Waals surface area contributed by atoms with Crippen LogP contribution in [0.4, 0.5) is 0 Å². The number of fused-ring (bicyclic) bond motifs is 2. The van der Waals surface area contributed by atoms with E-state index < -0.39 is 119 Å². The molecule has 3 aliphatic rings. The number of amides is 9. The third-order valence-corrected chi connectivity index (χ3v) is 16.0. The van der Waals surface area contributed by atoms with Crippen LogP contribution in [0.1, 0.15) is 142 Å². The Morgan fingerprint density at radius 1 is 0.400 bits per heavy atom. The highest BCUT2D eigenvalue weighted by atomic mass is 16.2. The maximum Gasteiger partial charge on any atom is 0.246 e. The van der Waals surface area contributed by atoms with Crippen molar-refractivity contribution >= 4 is 58.9 Å². The number of Topliss-reactive ketones (excluding diaryl/α,β-unsaturated/α-hetero) is 1. The van der Waals surface area contributed by atoms with Crippen LogP contribution in [0.5, 0.6) is 0 Å². The predicted octanol–water partition coefficient (Wildman–Crippen LogP) is 0.874. The summed E-state index contributed by atoms with van der Waals surface area (Å²) in [6, 6.07) is 7.23. The molecule has 3 saturated heterocycles. The zero-order valence-electron chi connectivity index (χ0n) is 50.5. The number of hydrogen-bond acceptors (Lipinski definition) is 14. The summed E-state index contributed by atoms with van der Waals surface area (Å²) >= 11 is 0. The highest BCUT2D eigenvalue weighted by Gasteiger charge is 2.44. The summed E-state index contributed by atoms with van der Waals surface area (Å²) in [5.74, 6) is -8.22. The van der Waals surface area contributed by atoms with Crippen molar-refractivity contribution in [3.8, 4) is 0 Å². The molecule has 0 aliphatic carbocycles. The van der Waals surface area contributed by atoms with Crippen LogP contribution in [0.3, 0.4) is 0 Å². The number of nitrogens with two attached hydrogens (primary N) is 4. The summed E-state index contributed by atoms with van der Waals surface area (Å²) in [7, 11) is 0. The van der Waals surface area contributed by atoms with Gasteiger partial charge in [-0.25, -0.2) is 0 Å². The van der Waals surface area contributed by atoms with Gasteiger partial charge in [-0.15, -0.1) is 0 Å². The van der Waals surface area contributed by atoms with Gasteiger partial charge in [0.15, 0.2) is 5.78 Å². The molecule has 5 rings (SSSR count). The van der Waals surface area contributed by atoms with Crippen molar-refractivity contribution in [2.24, 2.45) is 40.7 Å². The van der Waals surface area contributed by atoms with Crippen molar-refractivity contribution in [3.05, 3.63) is 71.8 Å². The molecule has 15 N–H and O–H groups in total.